The Kier molecular flexibility index (Phi) is 7.03. The first-order chi connectivity index (χ1) is 14.5. The van der Waals surface area contributed by atoms with Crippen LogP contribution in [0.4, 0.5) is 5.69 Å². The topological polar surface area (TPSA) is 67.4 Å². The van der Waals surface area contributed by atoms with Crippen LogP contribution >= 0.6 is 11.3 Å². The fraction of sp³-hybridized carbons (Fsp3) is 0.167. The molecule has 1 aromatic heterocycles. The average Bonchev–Trinajstić information content (AvgIpc) is 3.26. The molecular weight excluding hydrogens is 396 g/mol. The summed E-state index contributed by atoms with van der Waals surface area (Å²) in [5.41, 5.74) is 2.37. The largest absolute Gasteiger partial charge is 0.497 e. The van der Waals surface area contributed by atoms with Crippen molar-refractivity contribution in [2.45, 2.75) is 19.8 Å². The number of methoxy groups -OCH3 is 1. The van der Waals surface area contributed by atoms with E-state index in [1.807, 2.05) is 41.8 Å². The molecule has 0 fully saturated rings. The SMILES string of the molecule is COc1ccc(C(=O)N/C(=C\c2cccs2)C(=O)Nc2ccccc2C(C)C)cc1. The van der Waals surface area contributed by atoms with Gasteiger partial charge < -0.3 is 15.4 Å². The zero-order chi connectivity index (χ0) is 21.5. The summed E-state index contributed by atoms with van der Waals surface area (Å²) in [7, 11) is 1.57. The summed E-state index contributed by atoms with van der Waals surface area (Å²) in [6.45, 7) is 4.14. The third kappa shape index (κ3) is 5.36. The Morgan fingerprint density at radius 2 is 1.73 bits per heavy atom. The first-order valence-electron chi connectivity index (χ1n) is 9.59. The zero-order valence-electron chi connectivity index (χ0n) is 17.1. The van der Waals surface area contributed by atoms with E-state index in [0.29, 0.717) is 11.3 Å². The van der Waals surface area contributed by atoms with Crippen molar-refractivity contribution in [2.75, 3.05) is 12.4 Å². The summed E-state index contributed by atoms with van der Waals surface area (Å²) < 4.78 is 5.13. The second-order valence-electron chi connectivity index (χ2n) is 6.95. The lowest BCUT2D eigenvalue weighted by molar-refractivity contribution is -0.113. The van der Waals surface area contributed by atoms with Crippen molar-refractivity contribution < 1.29 is 14.3 Å². The zero-order valence-corrected chi connectivity index (χ0v) is 18.0. The van der Waals surface area contributed by atoms with Crippen molar-refractivity contribution >= 4 is 34.9 Å². The summed E-state index contributed by atoms with van der Waals surface area (Å²) in [6, 6.07) is 18.2. The van der Waals surface area contributed by atoms with E-state index < -0.39 is 0 Å². The van der Waals surface area contributed by atoms with Gasteiger partial charge in [0.05, 0.1) is 7.11 Å². The van der Waals surface area contributed by atoms with Gasteiger partial charge >= 0.3 is 0 Å². The van der Waals surface area contributed by atoms with Gasteiger partial charge in [0.25, 0.3) is 11.8 Å². The fourth-order valence-corrected chi connectivity index (χ4v) is 3.57. The molecule has 2 N–H and O–H groups in total. The normalized spacial score (nSPS) is 11.3. The highest BCUT2D eigenvalue weighted by Crippen LogP contribution is 2.24. The summed E-state index contributed by atoms with van der Waals surface area (Å²) in [6.07, 6.45) is 1.68. The lowest BCUT2D eigenvalue weighted by atomic mass is 10.0. The van der Waals surface area contributed by atoms with Crippen molar-refractivity contribution in [3.8, 4) is 5.75 Å². The summed E-state index contributed by atoms with van der Waals surface area (Å²) in [4.78, 5) is 26.7. The second kappa shape index (κ2) is 9.89. The van der Waals surface area contributed by atoms with Crippen LogP contribution < -0.4 is 15.4 Å². The highest BCUT2D eigenvalue weighted by atomic mass is 32.1. The van der Waals surface area contributed by atoms with Crippen LogP contribution in [-0.4, -0.2) is 18.9 Å². The highest BCUT2D eigenvalue weighted by Gasteiger charge is 2.17. The molecule has 0 radical (unpaired) electrons. The summed E-state index contributed by atoms with van der Waals surface area (Å²) in [5.74, 6) is 0.162. The maximum Gasteiger partial charge on any atom is 0.272 e. The van der Waals surface area contributed by atoms with Gasteiger partial charge in [-0.25, -0.2) is 0 Å². The van der Waals surface area contributed by atoms with Crippen LogP contribution in [0.1, 0.15) is 40.6 Å². The molecule has 154 valence electrons. The molecule has 2 aromatic carbocycles. The predicted octanol–water partition coefficient (Wildman–Crippen LogP) is 5.29. The predicted molar refractivity (Wildman–Crippen MR) is 122 cm³/mol. The third-order valence-electron chi connectivity index (χ3n) is 4.51. The van der Waals surface area contributed by atoms with E-state index in [-0.39, 0.29) is 23.4 Å². The van der Waals surface area contributed by atoms with Gasteiger partial charge in [-0.1, -0.05) is 38.1 Å². The number of para-hydroxylation sites is 1. The van der Waals surface area contributed by atoms with Crippen LogP contribution in [0.25, 0.3) is 6.08 Å². The number of rotatable bonds is 7. The molecule has 0 atom stereocenters. The number of carbonyl (C=O) groups excluding carboxylic acids is 2. The van der Waals surface area contributed by atoms with Gasteiger partial charge in [-0.3, -0.25) is 9.59 Å². The fourth-order valence-electron chi connectivity index (χ4n) is 2.91. The molecule has 0 aliphatic carbocycles. The van der Waals surface area contributed by atoms with E-state index in [0.717, 1.165) is 16.1 Å². The van der Waals surface area contributed by atoms with E-state index in [4.69, 9.17) is 4.74 Å². The van der Waals surface area contributed by atoms with Gasteiger partial charge in [0.2, 0.25) is 0 Å². The van der Waals surface area contributed by atoms with Crippen LogP contribution in [0, 0.1) is 0 Å². The molecule has 1 heterocycles. The van der Waals surface area contributed by atoms with Gasteiger partial charge in [0.1, 0.15) is 11.4 Å². The van der Waals surface area contributed by atoms with Crippen LogP contribution in [0.3, 0.4) is 0 Å². The highest BCUT2D eigenvalue weighted by molar-refractivity contribution is 7.10. The maximum absolute atomic E-state index is 13.1. The molecule has 2 amide bonds. The maximum atomic E-state index is 13.1. The van der Waals surface area contributed by atoms with E-state index in [1.165, 1.54) is 11.3 Å². The summed E-state index contributed by atoms with van der Waals surface area (Å²) in [5, 5.41) is 7.61. The van der Waals surface area contributed by atoms with Crippen molar-refractivity contribution in [1.82, 2.24) is 5.32 Å². The van der Waals surface area contributed by atoms with Crippen molar-refractivity contribution in [3.05, 3.63) is 87.7 Å². The third-order valence-corrected chi connectivity index (χ3v) is 5.33. The van der Waals surface area contributed by atoms with E-state index in [9.17, 15) is 9.59 Å². The number of thiophene rings is 1. The standard InChI is InChI=1S/C24H24N2O3S/c1-16(2)20-8-4-5-9-21(20)25-24(28)22(15-19-7-6-14-30-19)26-23(27)17-10-12-18(29-3)13-11-17/h4-16H,1-3H3,(H,25,28)(H,26,27)/b22-15-. The number of carbonyl (C=O) groups is 2. The minimum absolute atomic E-state index is 0.178. The van der Waals surface area contributed by atoms with Crippen molar-refractivity contribution in [2.24, 2.45) is 0 Å². The van der Waals surface area contributed by atoms with E-state index in [2.05, 4.69) is 24.5 Å². The Morgan fingerprint density at radius 1 is 1.00 bits per heavy atom. The Labute approximate surface area is 180 Å². The van der Waals surface area contributed by atoms with Gasteiger partial charge in [-0.15, -0.1) is 11.3 Å². The first-order valence-corrected chi connectivity index (χ1v) is 10.5. The van der Waals surface area contributed by atoms with Gasteiger partial charge in [0, 0.05) is 16.1 Å². The molecule has 0 bridgehead atoms. The Balaban J connectivity index is 1.85. The van der Waals surface area contributed by atoms with Crippen LogP contribution in [0.15, 0.2) is 71.7 Å². The molecule has 0 saturated carbocycles. The first kappa shape index (κ1) is 21.3. The second-order valence-corrected chi connectivity index (χ2v) is 7.93. The van der Waals surface area contributed by atoms with E-state index >= 15 is 0 Å². The molecule has 0 saturated heterocycles. The molecule has 0 unspecified atom stereocenters. The molecule has 3 rings (SSSR count). The van der Waals surface area contributed by atoms with Crippen LogP contribution in [0.5, 0.6) is 5.75 Å². The molecule has 0 aliphatic rings. The van der Waals surface area contributed by atoms with Crippen LogP contribution in [0.2, 0.25) is 0 Å². The summed E-state index contributed by atoms with van der Waals surface area (Å²) >= 11 is 1.49. The van der Waals surface area contributed by atoms with Gasteiger partial charge in [-0.05, 0) is 59.3 Å². The number of benzene rings is 2. The van der Waals surface area contributed by atoms with Gasteiger partial charge in [-0.2, -0.15) is 0 Å². The van der Waals surface area contributed by atoms with E-state index in [1.54, 1.807) is 37.5 Å². The van der Waals surface area contributed by atoms with Gasteiger partial charge in [0.15, 0.2) is 0 Å². The molecule has 5 nitrogen and oxygen atoms in total. The molecular formula is C24H24N2O3S. The molecule has 30 heavy (non-hydrogen) atoms. The number of anilines is 1. The van der Waals surface area contributed by atoms with Crippen molar-refractivity contribution in [3.63, 3.8) is 0 Å². The minimum Gasteiger partial charge on any atom is -0.497 e. The number of ether oxygens (including phenoxy) is 1. The number of hydrogen-bond donors (Lipinski definition) is 2. The van der Waals surface area contributed by atoms with Crippen LogP contribution in [-0.2, 0) is 4.79 Å². The Morgan fingerprint density at radius 3 is 2.37 bits per heavy atom. The number of nitrogens with one attached hydrogen (secondary N) is 2. The Hall–Kier alpha value is -3.38. The number of amides is 2. The lowest BCUT2D eigenvalue weighted by Crippen LogP contribution is -2.31. The lowest BCUT2D eigenvalue weighted by Gasteiger charge is -2.15. The smallest absolute Gasteiger partial charge is 0.272 e. The monoisotopic (exact) mass is 420 g/mol. The van der Waals surface area contributed by atoms with Crippen molar-refractivity contribution in [1.29, 1.82) is 0 Å². The molecule has 0 spiro atoms. The quantitative estimate of drug-likeness (QED) is 0.510. The molecule has 3 aromatic rings. The number of hydrogen-bond acceptors (Lipinski definition) is 4. The minimum atomic E-state index is -0.377. The molecule has 6 heteroatoms. The Bertz CT molecular complexity index is 1040. The average molecular weight is 421 g/mol. The molecule has 0 aliphatic heterocycles.